The lowest BCUT2D eigenvalue weighted by Crippen LogP contribution is -2.05. The Morgan fingerprint density at radius 1 is 0.800 bits per heavy atom. The number of benzene rings is 2. The van der Waals surface area contributed by atoms with Crippen molar-refractivity contribution in [1.82, 2.24) is 4.57 Å². The highest BCUT2D eigenvalue weighted by atomic mass is 15.0. The average molecular weight is 261 g/mol. The molecule has 1 aliphatic carbocycles. The molecule has 1 nitrogen and oxygen atoms in total. The smallest absolute Gasteiger partial charge is 0.0522 e. The van der Waals surface area contributed by atoms with Crippen LogP contribution in [0.4, 0.5) is 0 Å². The van der Waals surface area contributed by atoms with E-state index in [1.807, 2.05) is 0 Å². The van der Waals surface area contributed by atoms with Crippen LogP contribution in [0.1, 0.15) is 31.7 Å². The fraction of sp³-hybridized carbons (Fsp3) is 0.263. The summed E-state index contributed by atoms with van der Waals surface area (Å²) in [7, 11) is 0. The standard InChI is InChI=1S/C19H19N/c1-2-4-10-15(9-3-1)20-18-13-7-5-11-16(18)17-12-6-8-14-19(17)20/h3,5-9,11-15H,1-2,4,10H2. The van der Waals surface area contributed by atoms with E-state index in [0.29, 0.717) is 6.04 Å². The number of hydrogen-bond acceptors (Lipinski definition) is 0. The highest BCUT2D eigenvalue weighted by Gasteiger charge is 2.16. The number of fused-ring (bicyclic) bond motifs is 3. The Morgan fingerprint density at radius 2 is 1.45 bits per heavy atom. The van der Waals surface area contributed by atoms with E-state index < -0.39 is 0 Å². The van der Waals surface area contributed by atoms with Crippen LogP contribution in [0.3, 0.4) is 0 Å². The molecular weight excluding hydrogens is 242 g/mol. The molecule has 4 rings (SSSR count). The second-order valence-electron chi connectivity index (χ2n) is 5.68. The first-order valence-corrected chi connectivity index (χ1v) is 7.59. The highest BCUT2D eigenvalue weighted by molar-refractivity contribution is 6.08. The number of aromatic nitrogens is 1. The molecule has 0 aliphatic heterocycles. The first kappa shape index (κ1) is 11.8. The van der Waals surface area contributed by atoms with Crippen LogP contribution in [0.15, 0.2) is 60.7 Å². The largest absolute Gasteiger partial charge is 0.333 e. The van der Waals surface area contributed by atoms with Crippen LogP contribution in [0, 0.1) is 0 Å². The molecule has 1 aliphatic rings. The van der Waals surface area contributed by atoms with Crippen molar-refractivity contribution in [3.8, 4) is 0 Å². The summed E-state index contributed by atoms with van der Waals surface area (Å²) in [5, 5.41) is 2.75. The normalized spacial score (nSPS) is 19.5. The minimum atomic E-state index is 0.502. The van der Waals surface area contributed by atoms with Gasteiger partial charge in [-0.25, -0.2) is 0 Å². The molecule has 3 aromatic rings. The van der Waals surface area contributed by atoms with E-state index in [2.05, 4.69) is 65.3 Å². The lowest BCUT2D eigenvalue weighted by molar-refractivity contribution is 0.562. The van der Waals surface area contributed by atoms with Crippen LogP contribution >= 0.6 is 0 Å². The molecule has 0 saturated heterocycles. The molecule has 1 atom stereocenters. The SMILES string of the molecule is C1=CC(n2c3ccccc3c3ccccc32)CCCC1. The van der Waals surface area contributed by atoms with E-state index in [4.69, 9.17) is 0 Å². The predicted octanol–water partition coefficient (Wildman–Crippen LogP) is 5.47. The van der Waals surface area contributed by atoms with Crippen molar-refractivity contribution in [2.75, 3.05) is 0 Å². The number of para-hydroxylation sites is 2. The minimum absolute atomic E-state index is 0.502. The number of rotatable bonds is 1. The van der Waals surface area contributed by atoms with Gasteiger partial charge in [0.15, 0.2) is 0 Å². The molecule has 20 heavy (non-hydrogen) atoms. The van der Waals surface area contributed by atoms with Gasteiger partial charge in [0.25, 0.3) is 0 Å². The van der Waals surface area contributed by atoms with Gasteiger partial charge in [-0.05, 0) is 31.4 Å². The Labute approximate surface area is 119 Å². The molecule has 100 valence electrons. The monoisotopic (exact) mass is 261 g/mol. The summed E-state index contributed by atoms with van der Waals surface area (Å²) < 4.78 is 2.53. The number of nitrogens with zero attached hydrogens (tertiary/aromatic N) is 1. The topological polar surface area (TPSA) is 4.93 Å². The molecule has 0 bridgehead atoms. The summed E-state index contributed by atoms with van der Waals surface area (Å²) in [5.41, 5.74) is 2.73. The summed E-state index contributed by atoms with van der Waals surface area (Å²) in [4.78, 5) is 0. The van der Waals surface area contributed by atoms with E-state index in [1.54, 1.807) is 0 Å². The quantitative estimate of drug-likeness (QED) is 0.512. The van der Waals surface area contributed by atoms with Crippen molar-refractivity contribution in [1.29, 1.82) is 0 Å². The van der Waals surface area contributed by atoms with E-state index in [0.717, 1.165) is 0 Å². The third kappa shape index (κ3) is 1.77. The lowest BCUT2D eigenvalue weighted by Gasteiger charge is -2.16. The molecule has 1 unspecified atom stereocenters. The molecule has 0 N–H and O–H groups in total. The Bertz CT molecular complexity index is 725. The zero-order chi connectivity index (χ0) is 13.4. The van der Waals surface area contributed by atoms with Gasteiger partial charge < -0.3 is 4.57 Å². The van der Waals surface area contributed by atoms with Crippen molar-refractivity contribution in [3.05, 3.63) is 60.7 Å². The molecule has 0 saturated carbocycles. The molecule has 1 aromatic heterocycles. The van der Waals surface area contributed by atoms with Crippen molar-refractivity contribution in [2.45, 2.75) is 31.7 Å². The lowest BCUT2D eigenvalue weighted by atomic mass is 10.1. The van der Waals surface area contributed by atoms with Crippen molar-refractivity contribution < 1.29 is 0 Å². The third-order valence-corrected chi connectivity index (χ3v) is 4.43. The van der Waals surface area contributed by atoms with E-state index in [9.17, 15) is 0 Å². The van der Waals surface area contributed by atoms with Crippen LogP contribution < -0.4 is 0 Å². The molecule has 2 aromatic carbocycles. The van der Waals surface area contributed by atoms with Crippen molar-refractivity contribution in [2.24, 2.45) is 0 Å². The van der Waals surface area contributed by atoms with E-state index in [-0.39, 0.29) is 0 Å². The molecule has 1 heterocycles. The van der Waals surface area contributed by atoms with Gasteiger partial charge in [-0.15, -0.1) is 0 Å². The molecule has 0 radical (unpaired) electrons. The fourth-order valence-corrected chi connectivity index (χ4v) is 3.49. The van der Waals surface area contributed by atoms with Crippen LogP contribution in [0.25, 0.3) is 21.8 Å². The van der Waals surface area contributed by atoms with Gasteiger partial charge in [-0.3, -0.25) is 0 Å². The second-order valence-corrected chi connectivity index (χ2v) is 5.68. The molecule has 1 heteroatoms. The average Bonchev–Trinajstić information content (AvgIpc) is 2.65. The summed E-state index contributed by atoms with van der Waals surface area (Å²) in [5.74, 6) is 0. The molecule has 0 fully saturated rings. The second kappa shape index (κ2) is 4.82. The summed E-state index contributed by atoms with van der Waals surface area (Å²) in [6, 6.07) is 18.1. The predicted molar refractivity (Wildman–Crippen MR) is 86.1 cm³/mol. The van der Waals surface area contributed by atoms with Crippen LogP contribution in [0.5, 0.6) is 0 Å². The molecule has 0 spiro atoms. The maximum atomic E-state index is 2.53. The maximum absolute atomic E-state index is 2.53. The number of hydrogen-bond donors (Lipinski definition) is 0. The van der Waals surface area contributed by atoms with Gasteiger partial charge in [0, 0.05) is 21.8 Å². The van der Waals surface area contributed by atoms with Crippen LogP contribution in [-0.2, 0) is 0 Å². The van der Waals surface area contributed by atoms with Crippen molar-refractivity contribution in [3.63, 3.8) is 0 Å². The van der Waals surface area contributed by atoms with Gasteiger partial charge in [0.2, 0.25) is 0 Å². The Hall–Kier alpha value is -2.02. The zero-order valence-corrected chi connectivity index (χ0v) is 11.6. The van der Waals surface area contributed by atoms with Gasteiger partial charge in [0.05, 0.1) is 6.04 Å². The van der Waals surface area contributed by atoms with Crippen LogP contribution in [-0.4, -0.2) is 4.57 Å². The van der Waals surface area contributed by atoms with E-state index in [1.165, 1.54) is 47.5 Å². The van der Waals surface area contributed by atoms with Gasteiger partial charge >= 0.3 is 0 Å². The minimum Gasteiger partial charge on any atom is -0.333 e. The summed E-state index contributed by atoms with van der Waals surface area (Å²) >= 11 is 0. The molecular formula is C19H19N. The zero-order valence-electron chi connectivity index (χ0n) is 11.6. The molecule has 0 amide bonds. The maximum Gasteiger partial charge on any atom is 0.0522 e. The number of allylic oxidation sites excluding steroid dienone is 2. The van der Waals surface area contributed by atoms with E-state index >= 15 is 0 Å². The fourth-order valence-electron chi connectivity index (χ4n) is 3.49. The highest BCUT2D eigenvalue weighted by Crippen LogP contribution is 2.34. The van der Waals surface area contributed by atoms with Crippen LogP contribution in [0.2, 0.25) is 0 Å². The Balaban J connectivity index is 2.04. The van der Waals surface area contributed by atoms with Gasteiger partial charge in [-0.2, -0.15) is 0 Å². The summed E-state index contributed by atoms with van der Waals surface area (Å²) in [6.45, 7) is 0. The Kier molecular flexibility index (Phi) is 2.84. The van der Waals surface area contributed by atoms with Gasteiger partial charge in [-0.1, -0.05) is 55.0 Å². The van der Waals surface area contributed by atoms with Gasteiger partial charge in [0.1, 0.15) is 0 Å². The van der Waals surface area contributed by atoms with Crippen molar-refractivity contribution >= 4 is 21.8 Å². The Morgan fingerprint density at radius 3 is 2.15 bits per heavy atom. The first-order chi connectivity index (χ1) is 9.95. The third-order valence-electron chi connectivity index (χ3n) is 4.43. The first-order valence-electron chi connectivity index (χ1n) is 7.59. The summed E-state index contributed by atoms with van der Waals surface area (Å²) in [6.07, 6.45) is 9.89.